The van der Waals surface area contributed by atoms with Crippen molar-refractivity contribution in [1.82, 2.24) is 5.32 Å². The molecular formula is C10H13NO4. The number of furan rings is 1. The lowest BCUT2D eigenvalue weighted by Crippen LogP contribution is -2.40. The largest absolute Gasteiger partial charge is 0.467 e. The summed E-state index contributed by atoms with van der Waals surface area (Å²) < 4.78 is 9.43. The summed E-state index contributed by atoms with van der Waals surface area (Å²) in [7, 11) is 1.28. The quantitative estimate of drug-likeness (QED) is 0.753. The Bertz CT molecular complexity index is 331. The van der Waals surface area contributed by atoms with Gasteiger partial charge in [0.1, 0.15) is 6.04 Å². The molecular weight excluding hydrogens is 198 g/mol. The first kappa shape index (κ1) is 11.3. The van der Waals surface area contributed by atoms with E-state index >= 15 is 0 Å². The molecule has 0 bridgehead atoms. The molecule has 5 nitrogen and oxygen atoms in total. The molecule has 5 heteroatoms. The molecule has 0 fully saturated rings. The molecule has 15 heavy (non-hydrogen) atoms. The average Bonchev–Trinajstić information content (AvgIpc) is 2.77. The van der Waals surface area contributed by atoms with Crippen molar-refractivity contribution in [3.8, 4) is 0 Å². The van der Waals surface area contributed by atoms with E-state index in [-0.39, 0.29) is 5.76 Å². The van der Waals surface area contributed by atoms with Crippen LogP contribution in [0.1, 0.15) is 23.9 Å². The summed E-state index contributed by atoms with van der Waals surface area (Å²) in [5.41, 5.74) is 0. The van der Waals surface area contributed by atoms with Crippen molar-refractivity contribution in [1.29, 1.82) is 0 Å². The van der Waals surface area contributed by atoms with E-state index in [1.54, 1.807) is 13.0 Å². The van der Waals surface area contributed by atoms with Crippen molar-refractivity contribution in [3.05, 3.63) is 24.2 Å². The van der Waals surface area contributed by atoms with E-state index in [2.05, 4.69) is 10.1 Å². The summed E-state index contributed by atoms with van der Waals surface area (Å²) in [5, 5.41) is 2.51. The fraction of sp³-hybridized carbons (Fsp3) is 0.400. The highest BCUT2D eigenvalue weighted by molar-refractivity contribution is 5.94. The lowest BCUT2D eigenvalue weighted by molar-refractivity contribution is -0.142. The maximum atomic E-state index is 11.5. The fourth-order valence-electron chi connectivity index (χ4n) is 1.11. The first-order chi connectivity index (χ1) is 7.19. The van der Waals surface area contributed by atoms with Gasteiger partial charge in [-0.05, 0) is 18.6 Å². The number of ether oxygens (including phenoxy) is 1. The third kappa shape index (κ3) is 2.83. The van der Waals surface area contributed by atoms with Gasteiger partial charge in [-0.3, -0.25) is 4.79 Å². The third-order valence-electron chi connectivity index (χ3n) is 1.94. The molecule has 1 N–H and O–H groups in total. The molecule has 0 aliphatic rings. The summed E-state index contributed by atoms with van der Waals surface area (Å²) in [6, 6.07) is 2.50. The van der Waals surface area contributed by atoms with Crippen LogP contribution >= 0.6 is 0 Å². The minimum atomic E-state index is -0.632. The molecule has 0 spiro atoms. The van der Waals surface area contributed by atoms with Gasteiger partial charge in [0.15, 0.2) is 5.76 Å². The highest BCUT2D eigenvalue weighted by Gasteiger charge is 2.20. The summed E-state index contributed by atoms with van der Waals surface area (Å²) in [4.78, 5) is 22.7. The molecule has 1 heterocycles. The molecule has 0 radical (unpaired) electrons. The van der Waals surface area contributed by atoms with Crippen molar-refractivity contribution in [2.45, 2.75) is 19.4 Å². The number of carbonyl (C=O) groups is 2. The van der Waals surface area contributed by atoms with Gasteiger partial charge in [-0.15, -0.1) is 0 Å². The predicted octanol–water partition coefficient (Wildman–Crippen LogP) is 0.961. The van der Waals surface area contributed by atoms with Crippen molar-refractivity contribution in [3.63, 3.8) is 0 Å². The summed E-state index contributed by atoms with van der Waals surface area (Å²) in [6.45, 7) is 1.78. The van der Waals surface area contributed by atoms with Crippen LogP contribution in [0.25, 0.3) is 0 Å². The van der Waals surface area contributed by atoms with E-state index in [1.165, 1.54) is 19.4 Å². The van der Waals surface area contributed by atoms with Gasteiger partial charge in [-0.25, -0.2) is 4.79 Å². The monoisotopic (exact) mass is 211 g/mol. The number of carbonyl (C=O) groups excluding carboxylic acids is 2. The van der Waals surface area contributed by atoms with E-state index in [4.69, 9.17) is 4.42 Å². The Morgan fingerprint density at radius 1 is 1.60 bits per heavy atom. The Kier molecular flexibility index (Phi) is 3.91. The summed E-state index contributed by atoms with van der Waals surface area (Å²) in [5.74, 6) is -0.702. The van der Waals surface area contributed by atoms with E-state index in [0.29, 0.717) is 6.42 Å². The van der Waals surface area contributed by atoms with E-state index in [1.807, 2.05) is 0 Å². The lowest BCUT2D eigenvalue weighted by Gasteiger charge is -2.12. The predicted molar refractivity (Wildman–Crippen MR) is 52.3 cm³/mol. The third-order valence-corrected chi connectivity index (χ3v) is 1.94. The molecule has 0 saturated heterocycles. The van der Waals surface area contributed by atoms with Gasteiger partial charge in [-0.1, -0.05) is 6.92 Å². The van der Waals surface area contributed by atoms with Gasteiger partial charge in [-0.2, -0.15) is 0 Å². The second kappa shape index (κ2) is 5.19. The molecule has 0 unspecified atom stereocenters. The van der Waals surface area contributed by atoms with Crippen LogP contribution in [0, 0.1) is 0 Å². The van der Waals surface area contributed by atoms with Gasteiger partial charge in [0.05, 0.1) is 13.4 Å². The van der Waals surface area contributed by atoms with Crippen LogP contribution in [-0.2, 0) is 9.53 Å². The molecule has 1 aromatic heterocycles. The van der Waals surface area contributed by atoms with Crippen molar-refractivity contribution >= 4 is 11.9 Å². The highest BCUT2D eigenvalue weighted by atomic mass is 16.5. The first-order valence-corrected chi connectivity index (χ1v) is 4.61. The number of hydrogen-bond acceptors (Lipinski definition) is 4. The number of amides is 1. The summed E-state index contributed by atoms with van der Waals surface area (Å²) in [6.07, 6.45) is 1.87. The van der Waals surface area contributed by atoms with Crippen molar-refractivity contribution < 1.29 is 18.7 Å². The standard InChI is InChI=1S/C10H13NO4/c1-3-7(10(13)14-2)11-9(12)8-5-4-6-15-8/h4-7H,3H2,1-2H3,(H,11,12)/t7-/m0/s1. The Hall–Kier alpha value is -1.78. The molecule has 1 aromatic rings. The zero-order valence-corrected chi connectivity index (χ0v) is 8.65. The van der Waals surface area contributed by atoms with Crippen molar-refractivity contribution in [2.75, 3.05) is 7.11 Å². The highest BCUT2D eigenvalue weighted by Crippen LogP contribution is 2.02. The van der Waals surface area contributed by atoms with Crippen LogP contribution < -0.4 is 5.32 Å². The minimum Gasteiger partial charge on any atom is -0.467 e. The number of rotatable bonds is 4. The minimum absolute atomic E-state index is 0.178. The van der Waals surface area contributed by atoms with E-state index < -0.39 is 17.9 Å². The lowest BCUT2D eigenvalue weighted by atomic mass is 10.2. The zero-order chi connectivity index (χ0) is 11.3. The van der Waals surface area contributed by atoms with Crippen LogP contribution in [-0.4, -0.2) is 25.0 Å². The van der Waals surface area contributed by atoms with E-state index in [9.17, 15) is 9.59 Å². The molecule has 0 aromatic carbocycles. The molecule has 0 aliphatic carbocycles. The molecule has 1 atom stereocenters. The van der Waals surface area contributed by atoms with Crippen LogP contribution in [0.4, 0.5) is 0 Å². The zero-order valence-electron chi connectivity index (χ0n) is 8.65. The van der Waals surface area contributed by atoms with Crippen LogP contribution in [0.15, 0.2) is 22.8 Å². The number of nitrogens with one attached hydrogen (secondary N) is 1. The van der Waals surface area contributed by atoms with Crippen LogP contribution in [0.3, 0.4) is 0 Å². The second-order valence-corrected chi connectivity index (χ2v) is 2.93. The fourth-order valence-corrected chi connectivity index (χ4v) is 1.11. The Morgan fingerprint density at radius 2 is 2.33 bits per heavy atom. The molecule has 0 saturated carbocycles. The average molecular weight is 211 g/mol. The topological polar surface area (TPSA) is 68.5 Å². The SMILES string of the molecule is CC[C@H](NC(=O)c1ccco1)C(=O)OC. The van der Waals surface area contributed by atoms with Crippen molar-refractivity contribution in [2.24, 2.45) is 0 Å². The maximum Gasteiger partial charge on any atom is 0.328 e. The maximum absolute atomic E-state index is 11.5. The Morgan fingerprint density at radius 3 is 2.80 bits per heavy atom. The molecule has 82 valence electrons. The molecule has 0 aliphatic heterocycles. The van der Waals surface area contributed by atoms with Gasteiger partial charge in [0, 0.05) is 0 Å². The second-order valence-electron chi connectivity index (χ2n) is 2.93. The normalized spacial score (nSPS) is 11.9. The number of methoxy groups -OCH3 is 1. The first-order valence-electron chi connectivity index (χ1n) is 4.61. The van der Waals surface area contributed by atoms with Crippen LogP contribution in [0.2, 0.25) is 0 Å². The Labute approximate surface area is 87.4 Å². The van der Waals surface area contributed by atoms with E-state index in [0.717, 1.165) is 0 Å². The smallest absolute Gasteiger partial charge is 0.328 e. The molecule has 1 rings (SSSR count). The Balaban J connectivity index is 2.60. The molecule has 1 amide bonds. The number of esters is 1. The van der Waals surface area contributed by atoms with Gasteiger partial charge < -0.3 is 14.5 Å². The van der Waals surface area contributed by atoms with Gasteiger partial charge in [0.25, 0.3) is 5.91 Å². The summed E-state index contributed by atoms with van der Waals surface area (Å²) >= 11 is 0. The van der Waals surface area contributed by atoms with Crippen LogP contribution in [0.5, 0.6) is 0 Å². The van der Waals surface area contributed by atoms with Gasteiger partial charge in [0.2, 0.25) is 0 Å². The van der Waals surface area contributed by atoms with Gasteiger partial charge >= 0.3 is 5.97 Å². The number of hydrogen-bond donors (Lipinski definition) is 1.